The Bertz CT molecular complexity index is 1880. The molecule has 4 aliphatic rings. The van der Waals surface area contributed by atoms with Crippen LogP contribution in [0.15, 0.2) is 97.2 Å². The van der Waals surface area contributed by atoms with Crippen molar-refractivity contribution in [1.29, 1.82) is 0 Å². The number of benzene rings is 4. The van der Waals surface area contributed by atoms with Crippen LogP contribution in [0.2, 0.25) is 0 Å². The van der Waals surface area contributed by atoms with Crippen LogP contribution in [0.5, 0.6) is 17.2 Å². The lowest BCUT2D eigenvalue weighted by atomic mass is 9.62. The molecular formula is C35H26N2O6. The molecule has 0 radical (unpaired) electrons. The lowest BCUT2D eigenvalue weighted by Gasteiger charge is -2.38. The van der Waals surface area contributed by atoms with Crippen LogP contribution in [-0.2, 0) is 10.2 Å². The monoisotopic (exact) mass is 570 g/mol. The van der Waals surface area contributed by atoms with E-state index >= 15 is 0 Å². The number of ether oxygens (including phenoxy) is 3. The van der Waals surface area contributed by atoms with Crippen molar-refractivity contribution >= 4 is 29.2 Å². The van der Waals surface area contributed by atoms with E-state index in [1.165, 1.54) is 7.11 Å². The van der Waals surface area contributed by atoms with E-state index in [1.54, 1.807) is 42.5 Å². The molecule has 1 fully saturated rings. The molecule has 4 atom stereocenters. The smallest absolute Gasteiger partial charge is 0.238 e. The molecule has 1 saturated heterocycles. The Morgan fingerprint density at radius 1 is 0.884 bits per heavy atom. The molecule has 8 rings (SSSR count). The fourth-order valence-electron chi connectivity index (χ4n) is 7.34. The Balaban J connectivity index is 1.40. The normalized spacial score (nSPS) is 23.9. The van der Waals surface area contributed by atoms with Crippen LogP contribution < -0.4 is 19.5 Å². The van der Waals surface area contributed by atoms with Gasteiger partial charge in [-0.15, -0.1) is 0 Å². The Hall–Kier alpha value is -5.37. The Morgan fingerprint density at radius 3 is 2.56 bits per heavy atom. The van der Waals surface area contributed by atoms with Gasteiger partial charge in [-0.25, -0.2) is 0 Å². The third-order valence-electron chi connectivity index (χ3n) is 9.13. The van der Waals surface area contributed by atoms with Crippen molar-refractivity contribution in [3.8, 4) is 17.2 Å². The van der Waals surface area contributed by atoms with Gasteiger partial charge in [-0.05, 0) is 59.2 Å². The predicted octanol–water partition coefficient (Wildman–Crippen LogP) is 5.41. The summed E-state index contributed by atoms with van der Waals surface area (Å²) in [6.45, 7) is 0.0706. The molecule has 4 aromatic rings. The van der Waals surface area contributed by atoms with Gasteiger partial charge >= 0.3 is 0 Å². The van der Waals surface area contributed by atoms with Crippen LogP contribution in [0.1, 0.15) is 43.4 Å². The summed E-state index contributed by atoms with van der Waals surface area (Å²) < 4.78 is 16.5. The van der Waals surface area contributed by atoms with E-state index in [4.69, 9.17) is 14.2 Å². The zero-order valence-corrected chi connectivity index (χ0v) is 23.2. The van der Waals surface area contributed by atoms with Gasteiger partial charge in [0, 0.05) is 23.0 Å². The minimum atomic E-state index is -1.41. The Labute approximate surface area is 247 Å². The summed E-state index contributed by atoms with van der Waals surface area (Å²) in [5, 5.41) is 3.07. The number of hydrogen-bond donors (Lipinski definition) is 1. The Kier molecular flexibility index (Phi) is 5.50. The molecule has 4 aromatic carbocycles. The lowest BCUT2D eigenvalue weighted by Crippen LogP contribution is -2.49. The van der Waals surface area contributed by atoms with Gasteiger partial charge in [0.2, 0.25) is 12.7 Å². The molecule has 0 aliphatic carbocycles. The van der Waals surface area contributed by atoms with Crippen LogP contribution in [0.25, 0.3) is 6.08 Å². The summed E-state index contributed by atoms with van der Waals surface area (Å²) in [6, 6.07) is 25.6. The molecule has 8 nitrogen and oxygen atoms in total. The molecule has 8 heteroatoms. The first kappa shape index (κ1) is 25.3. The summed E-state index contributed by atoms with van der Waals surface area (Å²) in [6.07, 6.45) is 3.80. The van der Waals surface area contributed by atoms with Crippen molar-refractivity contribution in [2.45, 2.75) is 17.5 Å². The zero-order valence-electron chi connectivity index (χ0n) is 23.2. The summed E-state index contributed by atoms with van der Waals surface area (Å²) in [4.78, 5) is 46.2. The largest absolute Gasteiger partial charge is 0.497 e. The van der Waals surface area contributed by atoms with Crippen LogP contribution in [0.4, 0.5) is 5.69 Å². The number of ketones is 2. The zero-order chi connectivity index (χ0) is 29.3. The minimum absolute atomic E-state index is 0.0706. The van der Waals surface area contributed by atoms with Gasteiger partial charge in [-0.1, -0.05) is 54.6 Å². The maximum Gasteiger partial charge on any atom is 0.238 e. The highest BCUT2D eigenvalue weighted by molar-refractivity contribution is 6.16. The maximum atomic E-state index is 14.9. The van der Waals surface area contributed by atoms with E-state index in [0.29, 0.717) is 39.6 Å². The van der Waals surface area contributed by atoms with Gasteiger partial charge in [-0.3, -0.25) is 14.4 Å². The van der Waals surface area contributed by atoms with Crippen LogP contribution in [-0.4, -0.2) is 42.3 Å². The Morgan fingerprint density at radius 2 is 1.67 bits per heavy atom. The number of anilines is 1. The van der Waals surface area contributed by atoms with Gasteiger partial charge in [-0.2, -0.15) is 0 Å². The molecule has 0 unspecified atom stereocenters. The number of Topliss-reactive ketones (excluding diaryl/α,β-unsaturated/α-hetero) is 2. The van der Waals surface area contributed by atoms with Crippen LogP contribution >= 0.6 is 0 Å². The maximum absolute atomic E-state index is 14.9. The number of amides is 1. The predicted molar refractivity (Wildman–Crippen MR) is 158 cm³/mol. The van der Waals surface area contributed by atoms with Crippen molar-refractivity contribution < 1.29 is 28.6 Å². The van der Waals surface area contributed by atoms with Gasteiger partial charge in [0.15, 0.2) is 23.1 Å². The van der Waals surface area contributed by atoms with Crippen LogP contribution in [0.3, 0.4) is 0 Å². The highest BCUT2D eigenvalue weighted by atomic mass is 16.7. The van der Waals surface area contributed by atoms with Gasteiger partial charge < -0.3 is 24.4 Å². The number of nitrogens with zero attached hydrogens (tertiary/aromatic N) is 1. The highest BCUT2D eigenvalue weighted by Gasteiger charge is 2.70. The fourth-order valence-corrected chi connectivity index (χ4v) is 7.34. The molecule has 43 heavy (non-hydrogen) atoms. The molecule has 0 aromatic heterocycles. The summed E-state index contributed by atoms with van der Waals surface area (Å²) >= 11 is 0. The average molecular weight is 571 g/mol. The number of carbonyl (C=O) groups is 3. The van der Waals surface area contributed by atoms with E-state index in [9.17, 15) is 14.4 Å². The molecule has 0 saturated carbocycles. The number of carbonyl (C=O) groups excluding carboxylic acids is 3. The molecule has 212 valence electrons. The first-order valence-corrected chi connectivity index (χ1v) is 14.1. The summed E-state index contributed by atoms with van der Waals surface area (Å²) in [7, 11) is 1.54. The number of para-hydroxylation sites is 1. The van der Waals surface area contributed by atoms with Crippen molar-refractivity contribution in [1.82, 2.24) is 4.90 Å². The van der Waals surface area contributed by atoms with E-state index in [0.717, 1.165) is 11.1 Å². The highest BCUT2D eigenvalue weighted by Crippen LogP contribution is 2.62. The summed E-state index contributed by atoms with van der Waals surface area (Å²) in [5.41, 5.74) is 2.47. The van der Waals surface area contributed by atoms with Gasteiger partial charge in [0.25, 0.3) is 0 Å². The molecule has 0 bridgehead atoms. The van der Waals surface area contributed by atoms with Crippen molar-refractivity contribution in [3.05, 3.63) is 125 Å². The second-order valence-corrected chi connectivity index (χ2v) is 11.1. The molecule has 1 N–H and O–H groups in total. The van der Waals surface area contributed by atoms with E-state index in [1.807, 2.05) is 65.7 Å². The van der Waals surface area contributed by atoms with Crippen molar-refractivity contribution in [2.24, 2.45) is 5.92 Å². The quantitative estimate of drug-likeness (QED) is 0.321. The third-order valence-corrected chi connectivity index (χ3v) is 9.13. The van der Waals surface area contributed by atoms with E-state index < -0.39 is 23.4 Å². The minimum Gasteiger partial charge on any atom is -0.497 e. The second kappa shape index (κ2) is 9.32. The van der Waals surface area contributed by atoms with Crippen molar-refractivity contribution in [3.63, 3.8) is 0 Å². The topological polar surface area (TPSA) is 94.2 Å². The van der Waals surface area contributed by atoms with Gasteiger partial charge in [0.05, 0.1) is 19.1 Å². The number of rotatable bonds is 5. The molecule has 4 heterocycles. The molecule has 4 aliphatic heterocycles. The number of fused-ring (bicyclic) bond motifs is 7. The molecular weight excluding hydrogens is 544 g/mol. The number of methoxy groups -OCH3 is 1. The standard InChI is InChI=1S/C35H26N2O6/c1-41-23-9-6-8-21(17-23)31(38)29-30(32(39)22-13-14-27-28(18-22)43-19-42-27)37-16-15-20-7-2-3-10-24(20)33(37)35(29)25-11-4-5-12-26(25)36-34(35)40/h2-18,29-30,33H,19H2,1H3,(H,36,40)/t29-,30+,33-,35+/m0/s1. The van der Waals surface area contributed by atoms with E-state index in [2.05, 4.69) is 5.32 Å². The second-order valence-electron chi connectivity index (χ2n) is 11.1. The first-order valence-electron chi connectivity index (χ1n) is 14.1. The van der Waals surface area contributed by atoms with Gasteiger partial charge in [0.1, 0.15) is 17.2 Å². The third kappa shape index (κ3) is 3.46. The number of nitrogens with one attached hydrogen (secondary N) is 1. The van der Waals surface area contributed by atoms with Crippen molar-refractivity contribution in [2.75, 3.05) is 19.2 Å². The SMILES string of the molecule is COc1cccc(C(=O)[C@@H]2[C@H](C(=O)c3ccc4c(c3)OCO4)N3C=Cc4ccccc4[C@H]3[C@]23C(=O)Nc2ccccc23)c1. The number of hydrogen-bond acceptors (Lipinski definition) is 7. The van der Waals surface area contributed by atoms with E-state index in [-0.39, 0.29) is 24.3 Å². The van der Waals surface area contributed by atoms with Crippen LogP contribution in [0, 0.1) is 5.92 Å². The molecule has 1 amide bonds. The average Bonchev–Trinajstić information content (AvgIpc) is 3.73. The summed E-state index contributed by atoms with van der Waals surface area (Å²) in [5.74, 6) is -0.465. The molecule has 1 spiro atoms. The lowest BCUT2D eigenvalue weighted by molar-refractivity contribution is -0.122. The first-order chi connectivity index (χ1) is 21.0. The fraction of sp³-hybridized carbons (Fsp3) is 0.171.